The molecular formula is C8H17N2O. The first-order valence-electron chi connectivity index (χ1n) is 4.21. The van der Waals surface area contributed by atoms with Gasteiger partial charge in [0.05, 0.1) is 6.17 Å². The van der Waals surface area contributed by atoms with Gasteiger partial charge in [0.1, 0.15) is 6.23 Å². The van der Waals surface area contributed by atoms with Crippen molar-refractivity contribution in [1.82, 2.24) is 9.80 Å². The number of nitrogens with zero attached hydrogens (tertiary/aromatic N) is 2. The first-order chi connectivity index (χ1) is 5.13. The van der Waals surface area contributed by atoms with Crippen LogP contribution in [0.1, 0.15) is 19.8 Å². The van der Waals surface area contributed by atoms with Crippen LogP contribution >= 0.6 is 0 Å². The summed E-state index contributed by atoms with van der Waals surface area (Å²) in [5, 5.41) is 11.1. The molecule has 2 atom stereocenters. The summed E-state index contributed by atoms with van der Waals surface area (Å²) in [5.41, 5.74) is 0. The summed E-state index contributed by atoms with van der Waals surface area (Å²) in [6.07, 6.45) is 2.13. The topological polar surface area (TPSA) is 26.4 Å². The molecule has 0 spiro atoms. The Kier molecular flexibility index (Phi) is 2.87. The summed E-state index contributed by atoms with van der Waals surface area (Å²) in [5.74, 6) is 0. The van der Waals surface area contributed by atoms with Crippen LogP contribution in [-0.4, -0.2) is 42.8 Å². The third-order valence-electron chi connectivity index (χ3n) is 2.32. The van der Waals surface area contributed by atoms with E-state index in [9.17, 15) is 5.11 Å². The van der Waals surface area contributed by atoms with Crippen molar-refractivity contribution in [2.75, 3.05) is 20.6 Å². The highest BCUT2D eigenvalue weighted by molar-refractivity contribution is 4.77. The summed E-state index contributed by atoms with van der Waals surface area (Å²) in [7, 11) is 4.07. The molecule has 1 aliphatic heterocycles. The molecule has 0 aromatic carbocycles. The van der Waals surface area contributed by atoms with E-state index in [0.717, 1.165) is 19.4 Å². The van der Waals surface area contributed by atoms with Crippen molar-refractivity contribution in [3.63, 3.8) is 0 Å². The number of likely N-dealkylation sites (tertiary alicyclic amines) is 1. The Bertz CT molecular complexity index is 111. The monoisotopic (exact) mass is 157 g/mol. The van der Waals surface area contributed by atoms with E-state index < -0.39 is 6.23 Å². The normalized spacial score (nSPS) is 29.7. The molecule has 0 bridgehead atoms. The third kappa shape index (κ3) is 1.92. The molecule has 11 heavy (non-hydrogen) atoms. The quantitative estimate of drug-likeness (QED) is 0.591. The smallest absolute Gasteiger partial charge is 0.144 e. The molecule has 0 aromatic heterocycles. The van der Waals surface area contributed by atoms with E-state index in [1.54, 1.807) is 6.92 Å². The number of hydrogen-bond donors (Lipinski definition) is 0. The van der Waals surface area contributed by atoms with E-state index in [1.165, 1.54) is 0 Å². The molecule has 1 radical (unpaired) electrons. The van der Waals surface area contributed by atoms with E-state index in [1.807, 2.05) is 19.0 Å². The first-order valence-corrected chi connectivity index (χ1v) is 4.21. The van der Waals surface area contributed by atoms with Crippen molar-refractivity contribution >= 4 is 0 Å². The van der Waals surface area contributed by atoms with Crippen molar-refractivity contribution in [1.29, 1.82) is 0 Å². The summed E-state index contributed by atoms with van der Waals surface area (Å²) < 4.78 is 0. The average molecular weight is 157 g/mol. The fraction of sp³-hybridized carbons (Fsp3) is 1.00. The Balaban J connectivity index is 2.51. The molecular weight excluding hydrogens is 140 g/mol. The van der Waals surface area contributed by atoms with E-state index in [0.29, 0.717) is 6.17 Å². The highest BCUT2D eigenvalue weighted by atomic mass is 16.3. The second kappa shape index (κ2) is 3.52. The van der Waals surface area contributed by atoms with Crippen molar-refractivity contribution in [3.05, 3.63) is 0 Å². The lowest BCUT2D eigenvalue weighted by molar-refractivity contribution is -0.0694. The van der Waals surface area contributed by atoms with Crippen LogP contribution < -0.4 is 0 Å². The van der Waals surface area contributed by atoms with Crippen molar-refractivity contribution in [3.8, 4) is 0 Å². The van der Waals surface area contributed by atoms with Gasteiger partial charge in [-0.2, -0.15) is 0 Å². The van der Waals surface area contributed by atoms with E-state index in [4.69, 9.17) is 0 Å². The van der Waals surface area contributed by atoms with Crippen LogP contribution in [-0.2, 0) is 5.11 Å². The Hall–Kier alpha value is -0.120. The largest absolute Gasteiger partial charge is 0.294 e. The highest BCUT2D eigenvalue weighted by Gasteiger charge is 2.29. The zero-order valence-electron chi connectivity index (χ0n) is 7.58. The van der Waals surface area contributed by atoms with Gasteiger partial charge < -0.3 is 0 Å². The molecule has 3 nitrogen and oxygen atoms in total. The van der Waals surface area contributed by atoms with Gasteiger partial charge in [-0.1, -0.05) is 0 Å². The zero-order valence-corrected chi connectivity index (χ0v) is 7.58. The van der Waals surface area contributed by atoms with Crippen LogP contribution in [0.5, 0.6) is 0 Å². The van der Waals surface area contributed by atoms with Crippen molar-refractivity contribution in [2.45, 2.75) is 32.2 Å². The highest BCUT2D eigenvalue weighted by Crippen LogP contribution is 2.20. The molecule has 0 amide bonds. The Labute approximate surface area is 68.6 Å². The average Bonchev–Trinajstić information content (AvgIpc) is 2.32. The molecule has 0 N–H and O–H groups in total. The SMILES string of the molecule is CC([O])N1CCCC1N(C)C. The van der Waals surface area contributed by atoms with Gasteiger partial charge in [0.25, 0.3) is 0 Å². The van der Waals surface area contributed by atoms with Crippen molar-refractivity contribution in [2.24, 2.45) is 0 Å². The van der Waals surface area contributed by atoms with Gasteiger partial charge in [0.2, 0.25) is 0 Å². The molecule has 1 aliphatic rings. The van der Waals surface area contributed by atoms with E-state index >= 15 is 0 Å². The van der Waals surface area contributed by atoms with Crippen LogP contribution in [0.3, 0.4) is 0 Å². The van der Waals surface area contributed by atoms with E-state index in [-0.39, 0.29) is 0 Å². The molecule has 1 fully saturated rings. The molecule has 0 aromatic rings. The minimum absolute atomic E-state index is 0.377. The first kappa shape index (κ1) is 8.97. The number of rotatable bonds is 2. The van der Waals surface area contributed by atoms with E-state index in [2.05, 4.69) is 4.90 Å². The molecule has 2 unspecified atom stereocenters. The van der Waals surface area contributed by atoms with Gasteiger partial charge in [0.15, 0.2) is 0 Å². The van der Waals surface area contributed by atoms with Gasteiger partial charge >= 0.3 is 0 Å². The maximum Gasteiger partial charge on any atom is 0.144 e. The van der Waals surface area contributed by atoms with Crippen molar-refractivity contribution < 1.29 is 5.11 Å². The fourth-order valence-corrected chi connectivity index (χ4v) is 1.75. The lowest BCUT2D eigenvalue weighted by atomic mass is 10.3. The molecule has 1 saturated heterocycles. The summed E-state index contributed by atoms with van der Waals surface area (Å²) >= 11 is 0. The number of hydrogen-bond acceptors (Lipinski definition) is 2. The second-order valence-corrected chi connectivity index (χ2v) is 3.42. The molecule has 65 valence electrons. The maximum absolute atomic E-state index is 11.1. The van der Waals surface area contributed by atoms with Crippen LogP contribution in [0.2, 0.25) is 0 Å². The predicted molar refractivity (Wildman–Crippen MR) is 43.6 cm³/mol. The fourth-order valence-electron chi connectivity index (χ4n) is 1.75. The van der Waals surface area contributed by atoms with Crippen LogP contribution in [0.4, 0.5) is 0 Å². The lowest BCUT2D eigenvalue weighted by Gasteiger charge is -2.30. The van der Waals surface area contributed by atoms with Crippen LogP contribution in [0.25, 0.3) is 0 Å². The zero-order chi connectivity index (χ0) is 8.43. The summed E-state index contributed by atoms with van der Waals surface area (Å²) in [6, 6.07) is 0. The molecule has 3 heteroatoms. The third-order valence-corrected chi connectivity index (χ3v) is 2.32. The lowest BCUT2D eigenvalue weighted by Crippen LogP contribution is -2.44. The van der Waals surface area contributed by atoms with Gasteiger partial charge in [-0.25, -0.2) is 5.11 Å². The maximum atomic E-state index is 11.1. The Morgan fingerprint density at radius 3 is 2.55 bits per heavy atom. The minimum atomic E-state index is -0.551. The van der Waals surface area contributed by atoms with Gasteiger partial charge in [-0.3, -0.25) is 9.80 Å². The molecule has 0 saturated carbocycles. The van der Waals surface area contributed by atoms with Gasteiger partial charge in [0, 0.05) is 6.54 Å². The standard InChI is InChI=1S/C8H17N2O/c1-7(11)10-6-4-5-8(10)9(2)3/h7-8H,4-6H2,1-3H3. The van der Waals surface area contributed by atoms with Crippen LogP contribution in [0, 0.1) is 0 Å². The van der Waals surface area contributed by atoms with Gasteiger partial charge in [-0.05, 0) is 33.9 Å². The Morgan fingerprint density at radius 2 is 2.18 bits per heavy atom. The minimum Gasteiger partial charge on any atom is -0.294 e. The van der Waals surface area contributed by atoms with Gasteiger partial charge in [-0.15, -0.1) is 0 Å². The summed E-state index contributed by atoms with van der Waals surface area (Å²) in [6.45, 7) is 2.69. The molecule has 1 rings (SSSR count). The summed E-state index contributed by atoms with van der Waals surface area (Å²) in [4.78, 5) is 4.14. The second-order valence-electron chi connectivity index (χ2n) is 3.42. The predicted octanol–water partition coefficient (Wildman–Crippen LogP) is 0.746. The molecule has 1 heterocycles. The van der Waals surface area contributed by atoms with Crippen LogP contribution in [0.15, 0.2) is 0 Å². The molecule has 0 aliphatic carbocycles. The Morgan fingerprint density at radius 1 is 1.55 bits per heavy atom.